The van der Waals surface area contributed by atoms with Gasteiger partial charge < -0.3 is 16.4 Å². The van der Waals surface area contributed by atoms with Gasteiger partial charge in [0.25, 0.3) is 0 Å². The fourth-order valence-electron chi connectivity index (χ4n) is 1.50. The van der Waals surface area contributed by atoms with E-state index < -0.39 is 10.0 Å². The lowest BCUT2D eigenvalue weighted by Gasteiger charge is -2.14. The van der Waals surface area contributed by atoms with Crippen LogP contribution in [0.15, 0.2) is 23.1 Å². The van der Waals surface area contributed by atoms with Crippen molar-refractivity contribution in [1.82, 2.24) is 9.62 Å². The minimum atomic E-state index is -3.50. The number of rotatable bonds is 6. The van der Waals surface area contributed by atoms with Crippen LogP contribution in [-0.4, -0.2) is 46.3 Å². The molecule has 1 aromatic rings. The van der Waals surface area contributed by atoms with Crippen molar-refractivity contribution in [3.05, 3.63) is 18.2 Å². The molecule has 1 amide bonds. The van der Waals surface area contributed by atoms with Gasteiger partial charge in [-0.1, -0.05) is 0 Å². The van der Waals surface area contributed by atoms with Crippen LogP contribution in [0.2, 0.25) is 0 Å². The molecule has 0 heterocycles. The SMILES string of the molecule is CNC(=O)CCNc1cc(S(=O)(=O)N(C)C)ccc1N. The van der Waals surface area contributed by atoms with Crippen molar-refractivity contribution in [2.75, 3.05) is 38.7 Å². The summed E-state index contributed by atoms with van der Waals surface area (Å²) in [5.41, 5.74) is 6.71. The van der Waals surface area contributed by atoms with Gasteiger partial charge in [-0.3, -0.25) is 4.79 Å². The van der Waals surface area contributed by atoms with Gasteiger partial charge in [0, 0.05) is 34.1 Å². The maximum Gasteiger partial charge on any atom is 0.242 e. The second-order valence-electron chi connectivity index (χ2n) is 4.39. The number of nitrogens with zero attached hydrogens (tertiary/aromatic N) is 1. The first-order valence-electron chi connectivity index (χ1n) is 6.05. The molecule has 0 bridgehead atoms. The van der Waals surface area contributed by atoms with Gasteiger partial charge in [0.05, 0.1) is 16.3 Å². The Morgan fingerprint density at radius 3 is 2.55 bits per heavy atom. The van der Waals surface area contributed by atoms with E-state index >= 15 is 0 Å². The third-order valence-electron chi connectivity index (χ3n) is 2.75. The first-order valence-corrected chi connectivity index (χ1v) is 7.49. The molecule has 20 heavy (non-hydrogen) atoms. The highest BCUT2D eigenvalue weighted by Crippen LogP contribution is 2.24. The van der Waals surface area contributed by atoms with Crippen molar-refractivity contribution in [3.8, 4) is 0 Å². The molecule has 0 spiro atoms. The van der Waals surface area contributed by atoms with Gasteiger partial charge in [-0.05, 0) is 18.2 Å². The molecular weight excluding hydrogens is 280 g/mol. The summed E-state index contributed by atoms with van der Waals surface area (Å²) in [6.07, 6.45) is 0.278. The Kier molecular flexibility index (Phi) is 5.34. The van der Waals surface area contributed by atoms with E-state index in [1.165, 1.54) is 32.3 Å². The van der Waals surface area contributed by atoms with Gasteiger partial charge in [-0.25, -0.2) is 12.7 Å². The van der Waals surface area contributed by atoms with E-state index in [1.807, 2.05) is 0 Å². The quantitative estimate of drug-likeness (QED) is 0.645. The minimum absolute atomic E-state index is 0.104. The molecule has 0 aliphatic carbocycles. The number of hydrogen-bond donors (Lipinski definition) is 3. The van der Waals surface area contributed by atoms with Gasteiger partial charge in [-0.15, -0.1) is 0 Å². The van der Waals surface area contributed by atoms with E-state index in [1.54, 1.807) is 7.05 Å². The van der Waals surface area contributed by atoms with Crippen LogP contribution in [0, 0.1) is 0 Å². The zero-order valence-corrected chi connectivity index (χ0v) is 12.6. The summed E-state index contributed by atoms with van der Waals surface area (Å²) >= 11 is 0. The predicted molar refractivity (Wildman–Crippen MR) is 78.9 cm³/mol. The number of hydrogen-bond acceptors (Lipinski definition) is 5. The van der Waals surface area contributed by atoms with Crippen molar-refractivity contribution in [3.63, 3.8) is 0 Å². The van der Waals surface area contributed by atoms with Crippen LogP contribution in [0.25, 0.3) is 0 Å². The van der Waals surface area contributed by atoms with Crippen LogP contribution in [-0.2, 0) is 14.8 Å². The molecule has 1 aromatic carbocycles. The minimum Gasteiger partial charge on any atom is -0.397 e. The van der Waals surface area contributed by atoms with Gasteiger partial charge in [0.2, 0.25) is 15.9 Å². The van der Waals surface area contributed by atoms with Gasteiger partial charge in [0.15, 0.2) is 0 Å². The van der Waals surface area contributed by atoms with Crippen LogP contribution < -0.4 is 16.4 Å². The molecule has 0 fully saturated rings. The summed E-state index contributed by atoms with van der Waals surface area (Å²) in [5.74, 6) is -0.104. The maximum absolute atomic E-state index is 12.0. The van der Waals surface area contributed by atoms with Gasteiger partial charge in [-0.2, -0.15) is 0 Å². The van der Waals surface area contributed by atoms with Gasteiger partial charge >= 0.3 is 0 Å². The monoisotopic (exact) mass is 300 g/mol. The Balaban J connectivity index is 2.90. The molecule has 7 nitrogen and oxygen atoms in total. The normalized spacial score (nSPS) is 11.4. The summed E-state index contributed by atoms with van der Waals surface area (Å²) in [7, 11) is 0.978. The number of nitrogen functional groups attached to an aromatic ring is 1. The summed E-state index contributed by atoms with van der Waals surface area (Å²) < 4.78 is 25.2. The summed E-state index contributed by atoms with van der Waals surface area (Å²) in [6.45, 7) is 0.370. The van der Waals surface area contributed by atoms with Gasteiger partial charge in [0.1, 0.15) is 0 Å². The first kappa shape index (κ1) is 16.3. The lowest BCUT2D eigenvalue weighted by molar-refractivity contribution is -0.120. The standard InChI is InChI=1S/C12H20N4O3S/c1-14-12(17)6-7-15-11-8-9(4-5-10(11)13)20(18,19)16(2)3/h4-5,8,15H,6-7,13H2,1-3H3,(H,14,17). The summed E-state index contributed by atoms with van der Waals surface area (Å²) in [4.78, 5) is 11.3. The first-order chi connectivity index (χ1) is 9.28. The highest BCUT2D eigenvalue weighted by atomic mass is 32.2. The fraction of sp³-hybridized carbons (Fsp3) is 0.417. The number of sulfonamides is 1. The molecule has 0 atom stereocenters. The van der Waals surface area contributed by atoms with E-state index in [0.717, 1.165) is 4.31 Å². The summed E-state index contributed by atoms with van der Waals surface area (Å²) in [5, 5.41) is 5.46. The molecule has 8 heteroatoms. The number of anilines is 2. The zero-order valence-electron chi connectivity index (χ0n) is 11.8. The predicted octanol–water partition coefficient (Wildman–Crippen LogP) is 0.0671. The van der Waals surface area contributed by atoms with Crippen LogP contribution in [0.5, 0.6) is 0 Å². The van der Waals surface area contributed by atoms with Crippen LogP contribution in [0.3, 0.4) is 0 Å². The number of nitrogens with two attached hydrogens (primary N) is 1. The van der Waals surface area contributed by atoms with E-state index in [2.05, 4.69) is 10.6 Å². The number of benzene rings is 1. The number of nitrogens with one attached hydrogen (secondary N) is 2. The van der Waals surface area contributed by atoms with Crippen LogP contribution in [0.4, 0.5) is 11.4 Å². The Hall–Kier alpha value is -1.80. The highest BCUT2D eigenvalue weighted by Gasteiger charge is 2.18. The molecule has 0 aliphatic rings. The second kappa shape index (κ2) is 6.58. The second-order valence-corrected chi connectivity index (χ2v) is 6.54. The molecule has 0 unspecified atom stereocenters. The lowest BCUT2D eigenvalue weighted by atomic mass is 10.2. The fourth-order valence-corrected chi connectivity index (χ4v) is 2.42. The van der Waals surface area contributed by atoms with E-state index in [-0.39, 0.29) is 17.2 Å². The third kappa shape index (κ3) is 3.84. The Bertz CT molecular complexity index is 584. The Morgan fingerprint density at radius 2 is 2.00 bits per heavy atom. The molecule has 0 aromatic heterocycles. The van der Waals surface area contributed by atoms with Crippen molar-refractivity contribution in [2.24, 2.45) is 0 Å². The average molecular weight is 300 g/mol. The Morgan fingerprint density at radius 1 is 1.35 bits per heavy atom. The molecule has 112 valence electrons. The summed E-state index contributed by atoms with van der Waals surface area (Å²) in [6, 6.07) is 4.45. The number of amides is 1. The molecule has 4 N–H and O–H groups in total. The van der Waals surface area contributed by atoms with Crippen LogP contribution >= 0.6 is 0 Å². The third-order valence-corrected chi connectivity index (χ3v) is 4.56. The van der Waals surface area contributed by atoms with Crippen molar-refractivity contribution in [2.45, 2.75) is 11.3 Å². The molecule has 0 radical (unpaired) electrons. The van der Waals surface area contributed by atoms with Crippen molar-refractivity contribution < 1.29 is 13.2 Å². The van der Waals surface area contributed by atoms with E-state index in [4.69, 9.17) is 5.73 Å². The maximum atomic E-state index is 12.0. The number of carbonyl (C=O) groups excluding carboxylic acids is 1. The largest absolute Gasteiger partial charge is 0.397 e. The molecule has 1 rings (SSSR count). The highest BCUT2D eigenvalue weighted by molar-refractivity contribution is 7.89. The smallest absolute Gasteiger partial charge is 0.242 e. The van der Waals surface area contributed by atoms with E-state index in [9.17, 15) is 13.2 Å². The molecule has 0 saturated heterocycles. The average Bonchev–Trinajstić information content (AvgIpc) is 2.40. The van der Waals surface area contributed by atoms with Crippen molar-refractivity contribution in [1.29, 1.82) is 0 Å². The molecule has 0 saturated carbocycles. The van der Waals surface area contributed by atoms with E-state index in [0.29, 0.717) is 17.9 Å². The lowest BCUT2D eigenvalue weighted by Crippen LogP contribution is -2.23. The number of carbonyl (C=O) groups is 1. The van der Waals surface area contributed by atoms with Crippen LogP contribution in [0.1, 0.15) is 6.42 Å². The molecule has 0 aliphatic heterocycles. The zero-order chi connectivity index (χ0) is 15.3. The van der Waals surface area contributed by atoms with Crippen molar-refractivity contribution >= 4 is 27.3 Å². The Labute approximate surface area is 119 Å². The molecular formula is C12H20N4O3S. The topological polar surface area (TPSA) is 105 Å².